The van der Waals surface area contributed by atoms with Gasteiger partial charge in [-0.25, -0.2) is 8.42 Å². The van der Waals surface area contributed by atoms with Gasteiger partial charge in [0.05, 0.1) is 5.75 Å². The summed E-state index contributed by atoms with van der Waals surface area (Å²) in [7, 11) is -2.43. The van der Waals surface area contributed by atoms with Crippen LogP contribution in [0.5, 0.6) is 0 Å². The summed E-state index contributed by atoms with van der Waals surface area (Å²) in [5, 5.41) is -0.506. The largest absolute Gasteiger partial charge is 0.360 e. The predicted octanol–water partition coefficient (Wildman–Crippen LogP) is 0.969. The summed E-state index contributed by atoms with van der Waals surface area (Å²) in [6.45, 7) is 0. The van der Waals surface area contributed by atoms with Crippen LogP contribution < -0.4 is 5.73 Å². The second-order valence-corrected chi connectivity index (χ2v) is 4.62. The first-order valence-corrected chi connectivity index (χ1v) is 5.94. The van der Waals surface area contributed by atoms with Gasteiger partial charge < -0.3 is 5.73 Å². The fourth-order valence-corrected chi connectivity index (χ4v) is 2.06. The molecule has 4 nitrogen and oxygen atoms in total. The number of hydrogen-bond acceptors (Lipinski definition) is 4. The van der Waals surface area contributed by atoms with Crippen LogP contribution in [0, 0.1) is 0 Å². The van der Waals surface area contributed by atoms with Gasteiger partial charge in [0.2, 0.25) is 0 Å². The zero-order chi connectivity index (χ0) is 10.6. The summed E-state index contributed by atoms with van der Waals surface area (Å²) in [6, 6.07) is 6.73. The van der Waals surface area contributed by atoms with Crippen LogP contribution in [0.3, 0.4) is 0 Å². The van der Waals surface area contributed by atoms with Crippen LogP contribution >= 0.6 is 11.8 Å². The summed E-state index contributed by atoms with van der Waals surface area (Å²) in [5.74, 6) is -0.0114. The number of nitrogens with two attached hydrogens (primary N) is 1. The number of hydrogen-bond donors (Lipinski definition) is 2. The lowest BCUT2D eigenvalue weighted by atomic mass is 10.2. The molecule has 1 rings (SSSR count). The summed E-state index contributed by atoms with van der Waals surface area (Å²) in [6.07, 6.45) is 0. The van der Waals surface area contributed by atoms with E-state index >= 15 is 0 Å². The molecule has 1 amide bonds. The van der Waals surface area contributed by atoms with Gasteiger partial charge in [-0.15, -0.1) is 0 Å². The van der Waals surface area contributed by atoms with Gasteiger partial charge in [0, 0.05) is 4.90 Å². The minimum absolute atomic E-state index is 0.0114. The van der Waals surface area contributed by atoms with Crippen LogP contribution in [0.4, 0.5) is 4.79 Å². The molecule has 0 bridgehead atoms. The van der Waals surface area contributed by atoms with Crippen LogP contribution in [-0.2, 0) is 16.5 Å². The minimum Gasteiger partial charge on any atom is -0.360 e. The Morgan fingerprint density at radius 3 is 2.71 bits per heavy atom. The normalized spacial score (nSPS) is 10.4. The quantitative estimate of drug-likeness (QED) is 0.600. The van der Waals surface area contributed by atoms with Crippen LogP contribution in [0.1, 0.15) is 5.56 Å². The molecular formula is C8H9NO3S2. The molecule has 1 aromatic rings. The predicted molar refractivity (Wildman–Crippen MR) is 55.9 cm³/mol. The Hall–Kier alpha value is -1.01. The molecule has 0 atom stereocenters. The van der Waals surface area contributed by atoms with Gasteiger partial charge in [-0.2, -0.15) is 0 Å². The molecule has 0 unspecified atom stereocenters. The third-order valence-electron chi connectivity index (χ3n) is 1.43. The fraction of sp³-hybridized carbons (Fsp3) is 0.125. The van der Waals surface area contributed by atoms with E-state index in [0.717, 1.165) is 11.8 Å². The molecule has 0 aromatic heterocycles. The molecule has 0 aliphatic heterocycles. The molecule has 0 spiro atoms. The highest BCUT2D eigenvalue weighted by Gasteiger charge is 2.01. The maximum Gasteiger partial charge on any atom is 0.281 e. The number of thiol groups is 1. The highest BCUT2D eigenvalue weighted by Crippen LogP contribution is 2.19. The average molecular weight is 231 g/mol. The van der Waals surface area contributed by atoms with E-state index in [4.69, 9.17) is 5.73 Å². The molecule has 2 N–H and O–H groups in total. The van der Waals surface area contributed by atoms with E-state index in [1.54, 1.807) is 24.3 Å². The van der Waals surface area contributed by atoms with Gasteiger partial charge >= 0.3 is 0 Å². The Balaban J connectivity index is 2.83. The van der Waals surface area contributed by atoms with Crippen LogP contribution in [0.25, 0.3) is 0 Å². The molecule has 0 fully saturated rings. The molecule has 0 heterocycles. The highest BCUT2D eigenvalue weighted by molar-refractivity contribution is 8.13. The van der Waals surface area contributed by atoms with Gasteiger partial charge in [-0.1, -0.05) is 12.1 Å². The molecular weight excluding hydrogens is 222 g/mol. The van der Waals surface area contributed by atoms with Gasteiger partial charge in [0.15, 0.2) is 0 Å². The summed E-state index contributed by atoms with van der Waals surface area (Å²) in [5.41, 5.74) is 5.64. The van der Waals surface area contributed by atoms with Crippen molar-refractivity contribution in [3.8, 4) is 0 Å². The van der Waals surface area contributed by atoms with E-state index in [2.05, 4.69) is 0 Å². The zero-order valence-corrected chi connectivity index (χ0v) is 8.88. The number of thioether (sulfide) groups is 1. The molecule has 1 aromatic carbocycles. The summed E-state index contributed by atoms with van der Waals surface area (Å²) in [4.78, 5) is 11.2. The number of rotatable bonds is 3. The van der Waals surface area contributed by atoms with E-state index in [1.165, 1.54) is 0 Å². The number of benzene rings is 1. The Bertz CT molecular complexity index is 407. The lowest BCUT2D eigenvalue weighted by molar-refractivity contribution is 0.267. The molecule has 0 saturated heterocycles. The van der Waals surface area contributed by atoms with E-state index in [0.29, 0.717) is 10.5 Å². The van der Waals surface area contributed by atoms with Crippen molar-refractivity contribution in [1.29, 1.82) is 0 Å². The van der Waals surface area contributed by atoms with Crippen molar-refractivity contribution >= 4 is 27.7 Å². The lowest BCUT2D eigenvalue weighted by Gasteiger charge is -1.99. The molecule has 0 radical (unpaired) electrons. The monoisotopic (exact) mass is 231 g/mol. The standard InChI is InChI=1S/C8H9NO3S2/c9-8(10)13-7-3-1-2-6(4-7)5-14(11)12/h1-4,14H,5H2,(H2,9,10). The smallest absolute Gasteiger partial charge is 0.281 e. The molecule has 14 heavy (non-hydrogen) atoms. The molecule has 0 saturated carbocycles. The van der Waals surface area contributed by atoms with Crippen molar-refractivity contribution < 1.29 is 13.2 Å². The third kappa shape index (κ3) is 3.80. The third-order valence-corrected chi connectivity index (χ3v) is 2.74. The van der Waals surface area contributed by atoms with E-state index < -0.39 is 15.9 Å². The number of carbonyl (C=O) groups excluding carboxylic acids is 1. The Morgan fingerprint density at radius 1 is 1.43 bits per heavy atom. The minimum atomic E-state index is -2.43. The van der Waals surface area contributed by atoms with Crippen LogP contribution in [0.2, 0.25) is 0 Å². The number of amides is 1. The Labute approximate surface area is 87.4 Å². The summed E-state index contributed by atoms with van der Waals surface area (Å²) < 4.78 is 20.9. The molecule has 6 heteroatoms. The van der Waals surface area contributed by atoms with Gasteiger partial charge in [-0.3, -0.25) is 4.79 Å². The number of primary amides is 1. The van der Waals surface area contributed by atoms with Gasteiger partial charge in [0.1, 0.15) is 10.7 Å². The van der Waals surface area contributed by atoms with Gasteiger partial charge in [0.25, 0.3) is 5.24 Å². The van der Waals surface area contributed by atoms with E-state index in [1.807, 2.05) is 0 Å². The average Bonchev–Trinajstić information content (AvgIpc) is 2.01. The maximum atomic E-state index is 10.6. The maximum absolute atomic E-state index is 10.6. The SMILES string of the molecule is NC(=O)Sc1cccc(C[SH](=O)=O)c1. The van der Waals surface area contributed by atoms with Crippen molar-refractivity contribution in [2.45, 2.75) is 10.6 Å². The molecule has 0 aliphatic carbocycles. The highest BCUT2D eigenvalue weighted by atomic mass is 32.2. The van der Waals surface area contributed by atoms with Crippen molar-refractivity contribution in [3.05, 3.63) is 29.8 Å². The molecule has 76 valence electrons. The van der Waals surface area contributed by atoms with Gasteiger partial charge in [-0.05, 0) is 29.5 Å². The first kappa shape index (κ1) is 11.1. The second kappa shape index (κ2) is 5.02. The fourth-order valence-electron chi connectivity index (χ4n) is 0.973. The Morgan fingerprint density at radius 2 is 2.14 bits per heavy atom. The first-order valence-electron chi connectivity index (χ1n) is 3.76. The second-order valence-electron chi connectivity index (χ2n) is 2.56. The van der Waals surface area contributed by atoms with Crippen LogP contribution in [0.15, 0.2) is 29.2 Å². The topological polar surface area (TPSA) is 77.2 Å². The number of carbonyl (C=O) groups is 1. The van der Waals surface area contributed by atoms with Crippen LogP contribution in [-0.4, -0.2) is 13.7 Å². The summed E-state index contributed by atoms with van der Waals surface area (Å²) >= 11 is 0.882. The Kier molecular flexibility index (Phi) is 3.97. The first-order chi connectivity index (χ1) is 6.58. The van der Waals surface area contributed by atoms with Crippen molar-refractivity contribution in [1.82, 2.24) is 0 Å². The van der Waals surface area contributed by atoms with Crippen molar-refractivity contribution in [2.24, 2.45) is 5.73 Å². The van der Waals surface area contributed by atoms with E-state index in [9.17, 15) is 13.2 Å². The van der Waals surface area contributed by atoms with Crippen molar-refractivity contribution in [3.63, 3.8) is 0 Å². The van der Waals surface area contributed by atoms with Crippen molar-refractivity contribution in [2.75, 3.05) is 0 Å². The molecule has 0 aliphatic rings. The zero-order valence-electron chi connectivity index (χ0n) is 7.17. The van der Waals surface area contributed by atoms with E-state index in [-0.39, 0.29) is 5.75 Å². The lowest BCUT2D eigenvalue weighted by Crippen LogP contribution is -2.01.